The van der Waals surface area contributed by atoms with E-state index < -0.39 is 23.8 Å². The highest BCUT2D eigenvalue weighted by Gasteiger charge is 2.37. The Balaban J connectivity index is 1.46. The van der Waals surface area contributed by atoms with E-state index in [1.54, 1.807) is 17.0 Å². The van der Waals surface area contributed by atoms with Crippen LogP contribution < -0.4 is 10.2 Å². The third-order valence-corrected chi connectivity index (χ3v) is 7.28. The van der Waals surface area contributed by atoms with Crippen LogP contribution in [-0.4, -0.2) is 34.5 Å². The minimum Gasteiger partial charge on any atom is -0.316 e. The molecular weight excluding hydrogens is 553 g/mol. The Morgan fingerprint density at radius 1 is 0.927 bits per heavy atom. The second-order valence-electron chi connectivity index (χ2n) is 9.79. The highest BCUT2D eigenvalue weighted by atomic mass is 35.5. The van der Waals surface area contributed by atoms with Crippen LogP contribution in [0.4, 0.5) is 29.3 Å². The molecule has 1 aromatic heterocycles. The Bertz CT molecular complexity index is 1530. The van der Waals surface area contributed by atoms with Gasteiger partial charge in [-0.15, -0.1) is 0 Å². The molecule has 3 amide bonds. The SMILES string of the molecule is CCCCN(CC(=O)N1c2ccccc2-n2cccc2C1c1ccc(Cl)cc1)C(=O)Nc1ccc(C(F)(F)F)cc1. The molecule has 6 nitrogen and oxygen atoms in total. The highest BCUT2D eigenvalue weighted by molar-refractivity contribution is 6.30. The zero-order valence-corrected chi connectivity index (χ0v) is 23.0. The Morgan fingerprint density at radius 2 is 1.61 bits per heavy atom. The predicted molar refractivity (Wildman–Crippen MR) is 153 cm³/mol. The zero-order chi connectivity index (χ0) is 29.1. The number of carbonyl (C=O) groups is 2. The average Bonchev–Trinajstić information content (AvgIpc) is 3.45. The number of anilines is 2. The molecule has 1 atom stereocenters. The van der Waals surface area contributed by atoms with Gasteiger partial charge in [-0.1, -0.05) is 49.2 Å². The summed E-state index contributed by atoms with van der Waals surface area (Å²) < 4.78 is 41.0. The molecule has 1 aliphatic rings. The number of alkyl halides is 3. The van der Waals surface area contributed by atoms with Gasteiger partial charge in [-0.3, -0.25) is 9.69 Å². The van der Waals surface area contributed by atoms with Gasteiger partial charge in [0.2, 0.25) is 5.91 Å². The third-order valence-electron chi connectivity index (χ3n) is 7.03. The lowest BCUT2D eigenvalue weighted by Crippen LogP contribution is -2.48. The fourth-order valence-electron chi connectivity index (χ4n) is 5.01. The van der Waals surface area contributed by atoms with E-state index in [1.165, 1.54) is 17.0 Å². The van der Waals surface area contributed by atoms with Crippen LogP contribution >= 0.6 is 11.6 Å². The maximum absolute atomic E-state index is 14.2. The molecule has 1 N–H and O–H groups in total. The number of unbranched alkanes of at least 4 members (excludes halogenated alkanes) is 1. The van der Waals surface area contributed by atoms with E-state index in [0.717, 1.165) is 35.5 Å². The first-order valence-electron chi connectivity index (χ1n) is 13.2. The van der Waals surface area contributed by atoms with Gasteiger partial charge in [-0.25, -0.2) is 4.79 Å². The lowest BCUT2D eigenvalue weighted by Gasteiger charge is -2.39. The molecule has 0 saturated carbocycles. The zero-order valence-electron chi connectivity index (χ0n) is 22.2. The number of hydrogen-bond donors (Lipinski definition) is 1. The molecule has 212 valence electrons. The van der Waals surface area contributed by atoms with E-state index in [0.29, 0.717) is 23.7 Å². The largest absolute Gasteiger partial charge is 0.416 e. The van der Waals surface area contributed by atoms with E-state index in [1.807, 2.05) is 66.2 Å². The number of carbonyl (C=O) groups excluding carboxylic acids is 2. The first-order chi connectivity index (χ1) is 19.7. The summed E-state index contributed by atoms with van der Waals surface area (Å²) in [7, 11) is 0. The third kappa shape index (κ3) is 5.95. The molecule has 0 radical (unpaired) electrons. The fourth-order valence-corrected chi connectivity index (χ4v) is 5.13. The number of benzene rings is 3. The molecule has 10 heteroatoms. The Kier molecular flexibility index (Phi) is 8.08. The molecule has 1 unspecified atom stereocenters. The molecular formula is C31H28ClF3N4O2. The number of aromatic nitrogens is 1. The highest BCUT2D eigenvalue weighted by Crippen LogP contribution is 2.42. The molecule has 0 bridgehead atoms. The van der Waals surface area contributed by atoms with Crippen LogP contribution in [0.5, 0.6) is 0 Å². The molecule has 5 rings (SSSR count). The topological polar surface area (TPSA) is 57.6 Å². The van der Waals surface area contributed by atoms with E-state index >= 15 is 0 Å². The van der Waals surface area contributed by atoms with Gasteiger partial charge in [0.25, 0.3) is 0 Å². The summed E-state index contributed by atoms with van der Waals surface area (Å²) in [5.74, 6) is -0.302. The fraction of sp³-hybridized carbons (Fsp3) is 0.226. The maximum atomic E-state index is 14.2. The smallest absolute Gasteiger partial charge is 0.316 e. The van der Waals surface area contributed by atoms with Crippen LogP contribution in [0.25, 0.3) is 5.69 Å². The van der Waals surface area contributed by atoms with Crippen LogP contribution in [-0.2, 0) is 11.0 Å². The molecule has 0 saturated heterocycles. The Hall–Kier alpha value is -4.24. The Morgan fingerprint density at radius 3 is 2.27 bits per heavy atom. The standard InChI is InChI=1S/C31H28ClF3N4O2/c1-2-3-18-37(30(41)36-24-16-12-22(13-17-24)31(33,34)35)20-28(40)39-26-8-5-4-7-25(26)38-19-6-9-27(38)29(39)21-10-14-23(32)15-11-21/h4-17,19,29H,2-3,18,20H2,1H3,(H,36,41). The van der Waals surface area contributed by atoms with Gasteiger partial charge in [0.05, 0.1) is 22.6 Å². The van der Waals surface area contributed by atoms with E-state index in [4.69, 9.17) is 11.6 Å². The first kappa shape index (κ1) is 28.3. The van der Waals surface area contributed by atoms with Gasteiger partial charge >= 0.3 is 12.2 Å². The number of para-hydroxylation sites is 2. The van der Waals surface area contributed by atoms with Gasteiger partial charge < -0.3 is 14.8 Å². The molecule has 2 heterocycles. The van der Waals surface area contributed by atoms with Crippen molar-refractivity contribution in [1.82, 2.24) is 9.47 Å². The van der Waals surface area contributed by atoms with Crippen LogP contribution in [0.2, 0.25) is 5.02 Å². The molecule has 3 aromatic carbocycles. The van der Waals surface area contributed by atoms with Gasteiger partial charge in [-0.05, 0) is 72.6 Å². The number of rotatable bonds is 7. The number of fused-ring (bicyclic) bond motifs is 3. The van der Waals surface area contributed by atoms with Crippen molar-refractivity contribution >= 4 is 34.9 Å². The molecule has 4 aromatic rings. The minimum absolute atomic E-state index is 0.206. The van der Waals surface area contributed by atoms with Crippen LogP contribution in [0.15, 0.2) is 91.1 Å². The summed E-state index contributed by atoms with van der Waals surface area (Å²) in [6.07, 6.45) is -1.10. The minimum atomic E-state index is -4.48. The van der Waals surface area contributed by atoms with Gasteiger partial charge in [0, 0.05) is 23.5 Å². The van der Waals surface area contributed by atoms with E-state index in [9.17, 15) is 22.8 Å². The van der Waals surface area contributed by atoms with E-state index in [-0.39, 0.29) is 18.1 Å². The van der Waals surface area contributed by atoms with Gasteiger partial charge in [0.1, 0.15) is 12.6 Å². The summed E-state index contributed by atoms with van der Waals surface area (Å²) in [6.45, 7) is 2.04. The number of nitrogens with one attached hydrogen (secondary N) is 1. The number of nitrogens with zero attached hydrogens (tertiary/aromatic N) is 3. The number of urea groups is 1. The molecule has 0 fully saturated rings. The van der Waals surface area contributed by atoms with Crippen molar-refractivity contribution in [3.05, 3.63) is 113 Å². The summed E-state index contributed by atoms with van der Waals surface area (Å²) in [5, 5.41) is 3.22. The van der Waals surface area contributed by atoms with Gasteiger partial charge in [0.15, 0.2) is 0 Å². The van der Waals surface area contributed by atoms with Gasteiger partial charge in [-0.2, -0.15) is 13.2 Å². The van der Waals surface area contributed by atoms with Crippen molar-refractivity contribution in [3.63, 3.8) is 0 Å². The molecule has 41 heavy (non-hydrogen) atoms. The summed E-state index contributed by atoms with van der Waals surface area (Å²) in [4.78, 5) is 30.6. The van der Waals surface area contributed by atoms with Crippen molar-refractivity contribution < 1.29 is 22.8 Å². The molecule has 1 aliphatic heterocycles. The quantitative estimate of drug-likeness (QED) is 0.241. The number of halogens is 4. The number of hydrogen-bond acceptors (Lipinski definition) is 2. The molecule has 0 spiro atoms. The predicted octanol–water partition coefficient (Wildman–Crippen LogP) is 7.92. The van der Waals surface area contributed by atoms with Crippen molar-refractivity contribution in [2.45, 2.75) is 32.0 Å². The van der Waals surface area contributed by atoms with Crippen molar-refractivity contribution in [2.24, 2.45) is 0 Å². The average molecular weight is 581 g/mol. The first-order valence-corrected chi connectivity index (χ1v) is 13.6. The second kappa shape index (κ2) is 11.7. The normalized spacial score (nSPS) is 14.3. The van der Waals surface area contributed by atoms with Crippen LogP contribution in [0.1, 0.15) is 42.6 Å². The summed E-state index contributed by atoms with van der Waals surface area (Å²) in [6, 6.07) is 21.9. The Labute approximate surface area is 240 Å². The van der Waals surface area contributed by atoms with Crippen molar-refractivity contribution in [1.29, 1.82) is 0 Å². The lowest BCUT2D eigenvalue weighted by molar-refractivity contribution is -0.137. The maximum Gasteiger partial charge on any atom is 0.416 e. The van der Waals surface area contributed by atoms with Crippen LogP contribution in [0, 0.1) is 0 Å². The summed E-state index contributed by atoms with van der Waals surface area (Å²) >= 11 is 6.17. The van der Waals surface area contributed by atoms with Crippen molar-refractivity contribution in [3.8, 4) is 5.69 Å². The number of amides is 3. The summed E-state index contributed by atoms with van der Waals surface area (Å²) in [5.41, 5.74) is 2.66. The second-order valence-corrected chi connectivity index (χ2v) is 10.2. The lowest BCUT2D eigenvalue weighted by atomic mass is 9.97. The van der Waals surface area contributed by atoms with E-state index in [2.05, 4.69) is 5.32 Å². The molecule has 0 aliphatic carbocycles. The van der Waals surface area contributed by atoms with Crippen LogP contribution in [0.3, 0.4) is 0 Å². The van der Waals surface area contributed by atoms with Crippen molar-refractivity contribution in [2.75, 3.05) is 23.3 Å². The monoisotopic (exact) mass is 580 g/mol.